The first-order valence-electron chi connectivity index (χ1n) is 9.83. The van der Waals surface area contributed by atoms with Gasteiger partial charge >= 0.3 is 0 Å². The lowest BCUT2D eigenvalue weighted by Gasteiger charge is -2.11. The van der Waals surface area contributed by atoms with Crippen LogP contribution < -0.4 is 10.1 Å². The summed E-state index contributed by atoms with van der Waals surface area (Å²) in [5, 5.41) is 0. The predicted octanol–water partition coefficient (Wildman–Crippen LogP) is 5.38. The minimum absolute atomic E-state index is 0.0784. The number of hydrogen-bond donors (Lipinski definition) is 0. The van der Waals surface area contributed by atoms with Crippen LogP contribution in [0.4, 0.5) is 4.39 Å². The van der Waals surface area contributed by atoms with E-state index in [0.717, 1.165) is 39.1 Å². The summed E-state index contributed by atoms with van der Waals surface area (Å²) in [6, 6.07) is 11.0. The van der Waals surface area contributed by atoms with E-state index in [-0.39, 0.29) is 11.4 Å². The second-order valence-electron chi connectivity index (χ2n) is 7.83. The van der Waals surface area contributed by atoms with Crippen LogP contribution in [0.5, 0.6) is 0 Å². The zero-order valence-electron chi connectivity index (χ0n) is 17.5. The fourth-order valence-corrected chi connectivity index (χ4v) is 5.34. The van der Waals surface area contributed by atoms with Crippen LogP contribution in [0.15, 0.2) is 45.7 Å². The number of fused-ring (bicyclic) bond motifs is 3. The summed E-state index contributed by atoms with van der Waals surface area (Å²) in [5.41, 5.74) is 7.02. The van der Waals surface area contributed by atoms with Crippen LogP contribution >= 0.6 is 27.3 Å². The highest BCUT2D eigenvalue weighted by Gasteiger charge is 2.15. The molecule has 0 saturated carbocycles. The van der Waals surface area contributed by atoms with Crippen molar-refractivity contribution in [3.63, 3.8) is 0 Å². The number of nitrogens with zero attached hydrogens (tertiary/aromatic N) is 3. The molecule has 2 aromatic carbocycles. The average Bonchev–Trinajstić information content (AvgIpc) is 3.29. The lowest BCUT2D eigenvalue weighted by molar-refractivity contribution is 0.615. The molecular formula is C24H19BrFN3OS. The molecule has 0 fully saturated rings. The highest BCUT2D eigenvalue weighted by atomic mass is 79.9. The van der Waals surface area contributed by atoms with Gasteiger partial charge in [0.2, 0.25) is 0 Å². The van der Waals surface area contributed by atoms with Crippen LogP contribution in [-0.2, 0) is 0 Å². The predicted molar refractivity (Wildman–Crippen MR) is 128 cm³/mol. The van der Waals surface area contributed by atoms with Gasteiger partial charge in [-0.15, -0.1) is 0 Å². The molecule has 31 heavy (non-hydrogen) atoms. The molecule has 0 aliphatic heterocycles. The first kappa shape index (κ1) is 20.2. The number of benzene rings is 2. The van der Waals surface area contributed by atoms with E-state index >= 15 is 0 Å². The first-order chi connectivity index (χ1) is 14.7. The fourth-order valence-electron chi connectivity index (χ4n) is 4.03. The summed E-state index contributed by atoms with van der Waals surface area (Å²) in [7, 11) is 0. The fraction of sp³-hybridized carbons (Fsp3) is 0.167. The van der Waals surface area contributed by atoms with Gasteiger partial charge in [-0.05, 0) is 86.9 Å². The number of halogens is 2. The minimum atomic E-state index is -0.307. The smallest absolute Gasteiger partial charge is 0.274 e. The summed E-state index contributed by atoms with van der Waals surface area (Å²) in [4.78, 5) is 18.5. The van der Waals surface area contributed by atoms with E-state index in [1.165, 1.54) is 17.4 Å². The van der Waals surface area contributed by atoms with Crippen molar-refractivity contribution in [1.82, 2.24) is 14.0 Å². The highest BCUT2D eigenvalue weighted by Crippen LogP contribution is 2.26. The molecule has 4 nitrogen and oxygen atoms in total. The molecule has 0 bridgehead atoms. The van der Waals surface area contributed by atoms with Gasteiger partial charge < -0.3 is 4.57 Å². The molecule has 0 radical (unpaired) electrons. The van der Waals surface area contributed by atoms with Gasteiger partial charge in [0.1, 0.15) is 5.82 Å². The van der Waals surface area contributed by atoms with Crippen molar-refractivity contribution in [1.29, 1.82) is 0 Å². The molecule has 0 aliphatic carbocycles. The summed E-state index contributed by atoms with van der Waals surface area (Å²) in [6.07, 6.45) is 1.88. The largest absolute Gasteiger partial charge is 0.315 e. The lowest BCUT2D eigenvalue weighted by atomic mass is 10.1. The zero-order chi connectivity index (χ0) is 22.0. The lowest BCUT2D eigenvalue weighted by Crippen LogP contribution is -2.22. The van der Waals surface area contributed by atoms with Crippen molar-refractivity contribution < 1.29 is 4.39 Å². The maximum atomic E-state index is 14.6. The molecule has 156 valence electrons. The molecule has 5 aromatic rings. The van der Waals surface area contributed by atoms with E-state index in [0.29, 0.717) is 19.7 Å². The second kappa shape index (κ2) is 7.14. The maximum absolute atomic E-state index is 14.6. The Hall–Kier alpha value is -2.77. The normalized spacial score (nSPS) is 12.5. The van der Waals surface area contributed by atoms with Gasteiger partial charge in [0.15, 0.2) is 4.96 Å². The molecule has 0 spiro atoms. The third kappa shape index (κ3) is 3.15. The summed E-state index contributed by atoms with van der Waals surface area (Å²) >= 11 is 4.68. The Labute approximate surface area is 190 Å². The number of imidazole rings is 1. The third-order valence-corrected chi connectivity index (χ3v) is 7.22. The Bertz CT molecular complexity index is 1630. The molecule has 0 atom stereocenters. The number of thiazole rings is 1. The molecule has 0 N–H and O–H groups in total. The molecular weight excluding hydrogens is 477 g/mol. The maximum Gasteiger partial charge on any atom is 0.274 e. The quantitative estimate of drug-likeness (QED) is 0.329. The van der Waals surface area contributed by atoms with Crippen molar-refractivity contribution in [2.24, 2.45) is 0 Å². The molecule has 0 saturated heterocycles. The second-order valence-corrected chi connectivity index (χ2v) is 9.75. The van der Waals surface area contributed by atoms with E-state index in [2.05, 4.69) is 20.9 Å². The number of rotatable bonds is 2. The van der Waals surface area contributed by atoms with E-state index in [1.54, 1.807) is 10.5 Å². The third-order valence-electron chi connectivity index (χ3n) is 5.76. The molecule has 0 unspecified atom stereocenters. The standard InChI is InChI=1S/C24H19BrFN3OS/c1-12-7-19-21(8-13(12)2)29-23(30)22(31-24(29)27-19)10-16-9-14(3)28(15(16)4)20-6-5-17(25)11-18(20)26/h5-11H,1-4H3/b22-10-. The van der Waals surface area contributed by atoms with E-state index in [4.69, 9.17) is 0 Å². The van der Waals surface area contributed by atoms with Gasteiger partial charge in [-0.2, -0.15) is 0 Å². The Morgan fingerprint density at radius 3 is 2.55 bits per heavy atom. The average molecular weight is 496 g/mol. The molecule has 3 heterocycles. The monoisotopic (exact) mass is 495 g/mol. The van der Waals surface area contributed by atoms with Crippen molar-refractivity contribution in [3.8, 4) is 5.69 Å². The summed E-state index contributed by atoms with van der Waals surface area (Å²) in [5.74, 6) is -0.307. The van der Waals surface area contributed by atoms with Crippen LogP contribution in [0.3, 0.4) is 0 Å². The van der Waals surface area contributed by atoms with Crippen molar-refractivity contribution in [2.45, 2.75) is 27.7 Å². The number of aromatic nitrogens is 3. The van der Waals surface area contributed by atoms with Crippen LogP contribution in [0.25, 0.3) is 27.8 Å². The van der Waals surface area contributed by atoms with Crippen LogP contribution in [0.1, 0.15) is 28.1 Å². The van der Waals surface area contributed by atoms with Crippen LogP contribution in [0.2, 0.25) is 0 Å². The van der Waals surface area contributed by atoms with Crippen molar-refractivity contribution in [3.05, 3.63) is 89.7 Å². The van der Waals surface area contributed by atoms with Gasteiger partial charge in [0.05, 0.1) is 21.3 Å². The Morgan fingerprint density at radius 1 is 1.06 bits per heavy atom. The number of hydrogen-bond acceptors (Lipinski definition) is 3. The zero-order valence-corrected chi connectivity index (χ0v) is 19.9. The van der Waals surface area contributed by atoms with Gasteiger partial charge in [0.25, 0.3) is 5.56 Å². The summed E-state index contributed by atoms with van der Waals surface area (Å²) in [6.45, 7) is 7.95. The molecule has 5 rings (SSSR count). The molecule has 3 aromatic heterocycles. The molecule has 7 heteroatoms. The summed E-state index contributed by atoms with van der Waals surface area (Å²) < 4.78 is 19.4. The van der Waals surface area contributed by atoms with E-state index in [9.17, 15) is 9.18 Å². The van der Waals surface area contributed by atoms with Crippen molar-refractivity contribution in [2.75, 3.05) is 0 Å². The topological polar surface area (TPSA) is 39.3 Å². The number of aryl methyl sites for hydroxylation is 3. The molecule has 0 amide bonds. The Balaban J connectivity index is 1.70. The van der Waals surface area contributed by atoms with Gasteiger partial charge in [-0.25, -0.2) is 13.8 Å². The highest BCUT2D eigenvalue weighted by molar-refractivity contribution is 9.10. The minimum Gasteiger partial charge on any atom is -0.315 e. The first-order valence-corrected chi connectivity index (χ1v) is 11.4. The van der Waals surface area contributed by atoms with Gasteiger partial charge in [-0.1, -0.05) is 27.3 Å². The van der Waals surface area contributed by atoms with E-state index < -0.39 is 0 Å². The Morgan fingerprint density at radius 2 is 1.81 bits per heavy atom. The van der Waals surface area contributed by atoms with Crippen LogP contribution in [0, 0.1) is 33.5 Å². The van der Waals surface area contributed by atoms with Gasteiger partial charge in [-0.3, -0.25) is 4.79 Å². The van der Waals surface area contributed by atoms with Crippen molar-refractivity contribution >= 4 is 49.3 Å². The van der Waals surface area contributed by atoms with Gasteiger partial charge in [0, 0.05) is 15.9 Å². The SMILES string of the molecule is Cc1cc2nc3s/c(=C\c4cc(C)n(-c5ccc(Br)cc5F)c4C)c(=O)n3c2cc1C. The Kier molecular flexibility index (Phi) is 4.64. The van der Waals surface area contributed by atoms with E-state index in [1.807, 2.05) is 62.6 Å². The molecule has 0 aliphatic rings. The van der Waals surface area contributed by atoms with Crippen LogP contribution in [-0.4, -0.2) is 14.0 Å².